The maximum atomic E-state index is 14.7. The van der Waals surface area contributed by atoms with Gasteiger partial charge in [0.15, 0.2) is 0 Å². The van der Waals surface area contributed by atoms with E-state index in [0.29, 0.717) is 17.9 Å². The second kappa shape index (κ2) is 10.5. The van der Waals surface area contributed by atoms with Crippen LogP contribution in [0.3, 0.4) is 0 Å². The minimum Gasteiger partial charge on any atom is -0.507 e. The monoisotopic (exact) mass is 475 g/mol. The van der Waals surface area contributed by atoms with Gasteiger partial charge >= 0.3 is 0 Å². The number of aryl methyl sites for hydroxylation is 1. The number of aliphatic hydroxyl groups excluding tert-OH is 1. The van der Waals surface area contributed by atoms with E-state index in [0.717, 1.165) is 11.1 Å². The van der Waals surface area contributed by atoms with Crippen LogP contribution in [0.5, 0.6) is 5.75 Å². The van der Waals surface area contributed by atoms with Crippen LogP contribution in [0.25, 0.3) is 5.76 Å². The third-order valence-corrected chi connectivity index (χ3v) is 6.06. The first-order chi connectivity index (χ1) is 16.9. The number of aliphatic hydroxyl groups is 1. The number of carbonyl (C=O) groups is 2. The van der Waals surface area contributed by atoms with Crippen LogP contribution in [-0.2, 0) is 20.9 Å². The lowest BCUT2D eigenvalue weighted by molar-refractivity contribution is -0.140. The van der Waals surface area contributed by atoms with Crippen molar-refractivity contribution < 1.29 is 28.6 Å². The van der Waals surface area contributed by atoms with Crippen LogP contribution in [0.4, 0.5) is 4.39 Å². The zero-order chi connectivity index (χ0) is 24.9. The summed E-state index contributed by atoms with van der Waals surface area (Å²) in [5.41, 5.74) is 2.46. The molecule has 4 rings (SSSR count). The molecule has 6 nitrogen and oxygen atoms in total. The van der Waals surface area contributed by atoms with E-state index in [-0.39, 0.29) is 30.0 Å². The highest BCUT2D eigenvalue weighted by Gasteiger charge is 2.46. The molecule has 1 fully saturated rings. The summed E-state index contributed by atoms with van der Waals surface area (Å²) in [6.07, 6.45) is 0. The number of hydrogen-bond donors (Lipinski definition) is 1. The van der Waals surface area contributed by atoms with Crippen molar-refractivity contribution in [2.45, 2.75) is 19.6 Å². The van der Waals surface area contributed by atoms with E-state index in [1.165, 1.54) is 30.2 Å². The number of halogens is 1. The van der Waals surface area contributed by atoms with Crippen LogP contribution in [0.15, 0.2) is 78.4 Å². The van der Waals surface area contributed by atoms with Crippen LogP contribution < -0.4 is 4.74 Å². The number of amides is 1. The number of ether oxygens (including phenoxy) is 2. The lowest BCUT2D eigenvalue weighted by atomic mass is 9.95. The highest BCUT2D eigenvalue weighted by molar-refractivity contribution is 6.46. The molecule has 3 aromatic carbocycles. The fraction of sp³-hybridized carbons (Fsp3) is 0.214. The number of benzene rings is 3. The molecule has 1 N–H and O–H groups in total. The molecular formula is C28H26FNO5. The minimum absolute atomic E-state index is 0.0720. The molecule has 1 aliphatic rings. The number of rotatable bonds is 8. The molecule has 1 atom stereocenters. The minimum atomic E-state index is -1.07. The summed E-state index contributed by atoms with van der Waals surface area (Å²) in [5.74, 6) is -2.05. The van der Waals surface area contributed by atoms with E-state index in [9.17, 15) is 19.1 Å². The van der Waals surface area contributed by atoms with E-state index in [1.807, 2.05) is 31.2 Å². The Balaban J connectivity index is 1.66. The van der Waals surface area contributed by atoms with Gasteiger partial charge in [0.1, 0.15) is 23.9 Å². The number of methoxy groups -OCH3 is 1. The smallest absolute Gasteiger partial charge is 0.295 e. The fourth-order valence-electron chi connectivity index (χ4n) is 4.12. The molecule has 0 aliphatic carbocycles. The molecule has 0 radical (unpaired) electrons. The van der Waals surface area contributed by atoms with Gasteiger partial charge in [-0.15, -0.1) is 0 Å². The highest BCUT2D eigenvalue weighted by Crippen LogP contribution is 2.40. The summed E-state index contributed by atoms with van der Waals surface area (Å²) in [6.45, 7) is 2.62. The quantitative estimate of drug-likeness (QED) is 0.288. The van der Waals surface area contributed by atoms with Gasteiger partial charge in [0.05, 0.1) is 18.2 Å². The second-order valence-corrected chi connectivity index (χ2v) is 8.25. The summed E-state index contributed by atoms with van der Waals surface area (Å²) in [7, 11) is 1.47. The second-order valence-electron chi connectivity index (χ2n) is 8.25. The molecule has 0 spiro atoms. The average molecular weight is 476 g/mol. The van der Waals surface area contributed by atoms with Crippen molar-refractivity contribution >= 4 is 17.4 Å². The highest BCUT2D eigenvalue weighted by atomic mass is 19.1. The Hall–Kier alpha value is -3.97. The topological polar surface area (TPSA) is 76.1 Å². The van der Waals surface area contributed by atoms with Crippen LogP contribution in [0.2, 0.25) is 0 Å². The lowest BCUT2D eigenvalue weighted by Gasteiger charge is -2.25. The molecule has 7 heteroatoms. The average Bonchev–Trinajstić information content (AvgIpc) is 3.12. The van der Waals surface area contributed by atoms with Gasteiger partial charge in [0.25, 0.3) is 11.7 Å². The molecule has 1 unspecified atom stereocenters. The molecule has 1 amide bonds. The van der Waals surface area contributed by atoms with Crippen LogP contribution in [-0.4, -0.2) is 42.0 Å². The Morgan fingerprint density at radius 3 is 2.37 bits per heavy atom. The predicted octanol–water partition coefficient (Wildman–Crippen LogP) is 4.78. The van der Waals surface area contributed by atoms with E-state index in [4.69, 9.17) is 9.47 Å². The van der Waals surface area contributed by atoms with Crippen molar-refractivity contribution in [1.82, 2.24) is 4.90 Å². The van der Waals surface area contributed by atoms with Crippen molar-refractivity contribution in [3.63, 3.8) is 0 Å². The zero-order valence-electron chi connectivity index (χ0n) is 19.5. The summed E-state index contributed by atoms with van der Waals surface area (Å²) in [4.78, 5) is 27.0. The molecule has 3 aromatic rings. The molecule has 1 heterocycles. The Kier molecular flexibility index (Phi) is 7.27. The maximum Gasteiger partial charge on any atom is 0.295 e. The first-order valence-corrected chi connectivity index (χ1v) is 11.2. The van der Waals surface area contributed by atoms with Crippen molar-refractivity contribution in [2.75, 3.05) is 20.3 Å². The number of Topliss-reactive ketones (excluding diaryl/α,β-unsaturated/α-hetero) is 1. The van der Waals surface area contributed by atoms with Gasteiger partial charge in [0.2, 0.25) is 0 Å². The Morgan fingerprint density at radius 1 is 1.00 bits per heavy atom. The van der Waals surface area contributed by atoms with Gasteiger partial charge in [-0.1, -0.05) is 42.5 Å². The maximum absolute atomic E-state index is 14.7. The van der Waals surface area contributed by atoms with Crippen molar-refractivity contribution in [3.8, 4) is 5.75 Å². The summed E-state index contributed by atoms with van der Waals surface area (Å²) < 4.78 is 25.6. The molecule has 1 aliphatic heterocycles. The third kappa shape index (κ3) is 4.95. The van der Waals surface area contributed by atoms with Crippen LogP contribution in [0, 0.1) is 12.7 Å². The molecule has 180 valence electrons. The molecule has 0 saturated carbocycles. The molecule has 0 aromatic heterocycles. The van der Waals surface area contributed by atoms with Crippen LogP contribution in [0.1, 0.15) is 28.3 Å². The number of hydrogen-bond acceptors (Lipinski definition) is 5. The Morgan fingerprint density at radius 2 is 1.69 bits per heavy atom. The van der Waals surface area contributed by atoms with Crippen LogP contribution >= 0.6 is 0 Å². The number of ketones is 1. The third-order valence-electron chi connectivity index (χ3n) is 6.06. The van der Waals surface area contributed by atoms with Crippen molar-refractivity contribution in [3.05, 3.63) is 106 Å². The largest absolute Gasteiger partial charge is 0.507 e. The molecule has 35 heavy (non-hydrogen) atoms. The van der Waals surface area contributed by atoms with Gasteiger partial charge < -0.3 is 19.5 Å². The van der Waals surface area contributed by atoms with E-state index in [1.54, 1.807) is 30.3 Å². The Bertz CT molecular complexity index is 1270. The standard InChI is InChI=1S/C28H26FNO5/c1-18-7-3-4-8-20(18)17-35-21-13-11-19(12-14-21)26(31)24-25(22-9-5-6-10-23(22)29)30(15-16-34-2)28(33)27(24)32/h3-14,25,31H,15-17H2,1-2H3. The molecule has 0 bridgehead atoms. The number of carbonyl (C=O) groups excluding carboxylic acids is 2. The summed E-state index contributed by atoms with van der Waals surface area (Å²) in [5, 5.41) is 11.1. The van der Waals surface area contributed by atoms with Gasteiger partial charge in [0, 0.05) is 24.8 Å². The summed E-state index contributed by atoms with van der Waals surface area (Å²) in [6, 6.07) is 19.3. The predicted molar refractivity (Wildman–Crippen MR) is 129 cm³/mol. The number of nitrogens with zero attached hydrogens (tertiary/aromatic N) is 1. The number of likely N-dealkylation sites (tertiary alicyclic amines) is 1. The van der Waals surface area contributed by atoms with E-state index >= 15 is 0 Å². The Labute approximate surface area is 203 Å². The summed E-state index contributed by atoms with van der Waals surface area (Å²) >= 11 is 0. The SMILES string of the molecule is COCCN1C(=O)C(=O)C(=C(O)c2ccc(OCc3ccccc3C)cc2)C1c1ccccc1F. The first kappa shape index (κ1) is 24.2. The van der Waals surface area contributed by atoms with Gasteiger partial charge in [-0.25, -0.2) is 4.39 Å². The normalized spacial score (nSPS) is 17.1. The lowest BCUT2D eigenvalue weighted by Crippen LogP contribution is -2.33. The first-order valence-electron chi connectivity index (χ1n) is 11.2. The van der Waals surface area contributed by atoms with Crippen molar-refractivity contribution in [2.24, 2.45) is 0 Å². The fourth-order valence-corrected chi connectivity index (χ4v) is 4.12. The molecular weight excluding hydrogens is 449 g/mol. The molecule has 1 saturated heterocycles. The van der Waals surface area contributed by atoms with E-state index < -0.39 is 23.5 Å². The van der Waals surface area contributed by atoms with Crippen molar-refractivity contribution in [1.29, 1.82) is 0 Å². The van der Waals surface area contributed by atoms with Gasteiger partial charge in [-0.3, -0.25) is 9.59 Å². The zero-order valence-corrected chi connectivity index (χ0v) is 19.5. The van der Waals surface area contributed by atoms with Gasteiger partial charge in [-0.05, 0) is 48.4 Å². The van der Waals surface area contributed by atoms with E-state index in [2.05, 4.69) is 0 Å². The van der Waals surface area contributed by atoms with Gasteiger partial charge in [-0.2, -0.15) is 0 Å².